The monoisotopic (exact) mass is 436 g/mol. The number of aryl methyl sites for hydroxylation is 1. The molecular formula is C27H32O5. The molecule has 0 radical (unpaired) electrons. The van der Waals surface area contributed by atoms with Crippen LogP contribution in [0.3, 0.4) is 0 Å². The molecule has 0 saturated carbocycles. The predicted molar refractivity (Wildman–Crippen MR) is 122 cm³/mol. The molecule has 0 fully saturated rings. The van der Waals surface area contributed by atoms with E-state index in [0.29, 0.717) is 31.6 Å². The number of benzene rings is 2. The third-order valence-electron chi connectivity index (χ3n) is 5.78. The Labute approximate surface area is 190 Å². The zero-order chi connectivity index (χ0) is 22.4. The minimum atomic E-state index is -0.944. The molecule has 0 N–H and O–H groups in total. The molecule has 170 valence electrons. The van der Waals surface area contributed by atoms with Crippen LogP contribution >= 0.6 is 0 Å². The van der Waals surface area contributed by atoms with Crippen LogP contribution in [0.5, 0.6) is 0 Å². The lowest BCUT2D eigenvalue weighted by Gasteiger charge is -2.40. The molecule has 0 amide bonds. The highest BCUT2D eigenvalue weighted by Gasteiger charge is 2.43. The maximum absolute atomic E-state index is 12.7. The molecule has 2 aliphatic rings. The van der Waals surface area contributed by atoms with Crippen LogP contribution in [0.2, 0.25) is 0 Å². The average Bonchev–Trinajstić information content (AvgIpc) is 2.77. The average molecular weight is 437 g/mol. The zero-order valence-electron chi connectivity index (χ0n) is 18.9. The van der Waals surface area contributed by atoms with Crippen molar-refractivity contribution in [1.82, 2.24) is 0 Å². The molecule has 0 unspecified atom stereocenters. The summed E-state index contributed by atoms with van der Waals surface area (Å²) in [5, 5.41) is 0. The molecule has 0 aliphatic carbocycles. The van der Waals surface area contributed by atoms with Crippen LogP contribution in [-0.2, 0) is 36.8 Å². The van der Waals surface area contributed by atoms with Crippen molar-refractivity contribution in [3.63, 3.8) is 0 Å². The van der Waals surface area contributed by atoms with E-state index in [1.165, 1.54) is 5.56 Å². The van der Waals surface area contributed by atoms with Gasteiger partial charge in [-0.1, -0.05) is 60.7 Å². The highest BCUT2D eigenvalue weighted by atomic mass is 16.7. The van der Waals surface area contributed by atoms with Crippen molar-refractivity contribution in [2.75, 3.05) is 6.61 Å². The summed E-state index contributed by atoms with van der Waals surface area (Å²) in [6.45, 7) is 4.73. The van der Waals surface area contributed by atoms with E-state index in [4.69, 9.17) is 18.9 Å². The number of carbonyl (C=O) groups excluding carboxylic acids is 1. The lowest BCUT2D eigenvalue weighted by Crippen LogP contribution is -2.44. The fourth-order valence-corrected chi connectivity index (χ4v) is 4.27. The Morgan fingerprint density at radius 3 is 2.34 bits per heavy atom. The molecule has 5 heteroatoms. The lowest BCUT2D eigenvalue weighted by atomic mass is 9.94. The number of carbonyl (C=O) groups is 1. The molecule has 0 saturated heterocycles. The minimum absolute atomic E-state index is 0.00546. The Kier molecular flexibility index (Phi) is 7.28. The largest absolute Gasteiger partial charge is 0.456 e. The first-order chi connectivity index (χ1) is 15.5. The summed E-state index contributed by atoms with van der Waals surface area (Å²) in [7, 11) is 0. The van der Waals surface area contributed by atoms with Gasteiger partial charge < -0.3 is 18.9 Å². The van der Waals surface area contributed by atoms with E-state index in [0.717, 1.165) is 30.6 Å². The number of hydrogen-bond donors (Lipinski definition) is 0. The van der Waals surface area contributed by atoms with E-state index in [9.17, 15) is 4.79 Å². The van der Waals surface area contributed by atoms with Gasteiger partial charge in [0.2, 0.25) is 5.79 Å². The topological polar surface area (TPSA) is 54.0 Å². The summed E-state index contributed by atoms with van der Waals surface area (Å²) >= 11 is 0. The summed E-state index contributed by atoms with van der Waals surface area (Å²) in [5.74, 6) is -0.542. The van der Waals surface area contributed by atoms with Crippen LogP contribution in [-0.4, -0.2) is 30.6 Å². The van der Waals surface area contributed by atoms with E-state index < -0.39 is 5.79 Å². The van der Waals surface area contributed by atoms with Crippen molar-refractivity contribution >= 4 is 5.97 Å². The van der Waals surface area contributed by atoms with Gasteiger partial charge in [0, 0.05) is 26.9 Å². The second-order valence-corrected chi connectivity index (χ2v) is 8.88. The van der Waals surface area contributed by atoms with Crippen LogP contribution in [0.25, 0.3) is 0 Å². The Bertz CT molecular complexity index is 920. The highest BCUT2D eigenvalue weighted by Crippen LogP contribution is 2.38. The number of esters is 1. The number of ether oxygens (including phenoxy) is 4. The normalized spacial score (nSPS) is 22.1. The Hall–Kier alpha value is -2.63. The summed E-state index contributed by atoms with van der Waals surface area (Å²) < 4.78 is 23.8. The van der Waals surface area contributed by atoms with Gasteiger partial charge in [-0.15, -0.1) is 0 Å². The van der Waals surface area contributed by atoms with Gasteiger partial charge in [-0.2, -0.15) is 0 Å². The Balaban J connectivity index is 1.37. The number of cyclic esters (lactones) is 1. The van der Waals surface area contributed by atoms with Crippen molar-refractivity contribution in [3.05, 3.63) is 83.1 Å². The molecule has 2 aromatic rings. The quantitative estimate of drug-likeness (QED) is 0.392. The molecule has 2 aliphatic heterocycles. The van der Waals surface area contributed by atoms with Gasteiger partial charge in [0.25, 0.3) is 0 Å². The standard InChI is InChI=1S/C27H32O5/c1-27(2)31-24-18-22(16-15-20-10-5-3-6-11-20)30-23(25(24)26(28)32-27)14-9-17-29-19-21-12-7-4-8-13-21/h3-8,10-13,22-23H,9,14-19H2,1-2H3/t22-,23+/m0/s1. The molecule has 2 heterocycles. The molecule has 4 rings (SSSR count). The SMILES string of the molecule is CC1(C)OC(=O)C2=C(C[C@H](CCc3ccccc3)O[C@@H]2CCCOCc2ccccc2)O1. The maximum atomic E-state index is 12.7. The smallest absolute Gasteiger partial charge is 0.343 e. The van der Waals surface area contributed by atoms with Crippen LogP contribution in [0.1, 0.15) is 50.7 Å². The summed E-state index contributed by atoms with van der Waals surface area (Å²) in [5.41, 5.74) is 2.98. The molecular weight excluding hydrogens is 404 g/mol. The summed E-state index contributed by atoms with van der Waals surface area (Å²) in [6, 6.07) is 20.5. The molecule has 2 atom stereocenters. The van der Waals surface area contributed by atoms with Gasteiger partial charge in [-0.3, -0.25) is 0 Å². The third-order valence-corrected chi connectivity index (χ3v) is 5.78. The first kappa shape index (κ1) is 22.6. The van der Waals surface area contributed by atoms with Crippen LogP contribution in [0, 0.1) is 0 Å². The van der Waals surface area contributed by atoms with E-state index in [2.05, 4.69) is 36.4 Å². The van der Waals surface area contributed by atoms with Crippen LogP contribution in [0.4, 0.5) is 0 Å². The molecule has 0 spiro atoms. The van der Waals surface area contributed by atoms with Crippen molar-refractivity contribution < 1.29 is 23.7 Å². The zero-order valence-corrected chi connectivity index (χ0v) is 18.9. The van der Waals surface area contributed by atoms with Gasteiger partial charge in [-0.05, 0) is 36.8 Å². The Morgan fingerprint density at radius 1 is 0.938 bits per heavy atom. The van der Waals surface area contributed by atoms with Crippen molar-refractivity contribution in [3.8, 4) is 0 Å². The number of hydrogen-bond acceptors (Lipinski definition) is 5. The van der Waals surface area contributed by atoms with E-state index in [1.807, 2.05) is 24.3 Å². The van der Waals surface area contributed by atoms with E-state index >= 15 is 0 Å². The first-order valence-corrected chi connectivity index (χ1v) is 11.5. The summed E-state index contributed by atoms with van der Waals surface area (Å²) in [4.78, 5) is 12.7. The van der Waals surface area contributed by atoms with Crippen LogP contribution < -0.4 is 0 Å². The lowest BCUT2D eigenvalue weighted by molar-refractivity contribution is -0.217. The van der Waals surface area contributed by atoms with Crippen molar-refractivity contribution in [1.29, 1.82) is 0 Å². The first-order valence-electron chi connectivity index (χ1n) is 11.5. The molecule has 0 bridgehead atoms. The minimum Gasteiger partial charge on any atom is -0.456 e. The Morgan fingerprint density at radius 2 is 1.62 bits per heavy atom. The van der Waals surface area contributed by atoms with Gasteiger partial charge in [-0.25, -0.2) is 4.79 Å². The van der Waals surface area contributed by atoms with Gasteiger partial charge in [0.1, 0.15) is 11.3 Å². The highest BCUT2D eigenvalue weighted by molar-refractivity contribution is 5.91. The van der Waals surface area contributed by atoms with Crippen LogP contribution in [0.15, 0.2) is 72.0 Å². The fourth-order valence-electron chi connectivity index (χ4n) is 4.27. The fraction of sp³-hybridized carbons (Fsp3) is 0.444. The molecule has 0 aromatic heterocycles. The summed E-state index contributed by atoms with van der Waals surface area (Å²) in [6.07, 6.45) is 3.55. The van der Waals surface area contributed by atoms with Gasteiger partial charge >= 0.3 is 5.97 Å². The van der Waals surface area contributed by atoms with Crippen molar-refractivity contribution in [2.45, 2.75) is 70.6 Å². The van der Waals surface area contributed by atoms with Gasteiger partial charge in [0.15, 0.2) is 0 Å². The molecule has 32 heavy (non-hydrogen) atoms. The molecule has 2 aromatic carbocycles. The maximum Gasteiger partial charge on any atom is 0.343 e. The van der Waals surface area contributed by atoms with E-state index in [-0.39, 0.29) is 18.2 Å². The predicted octanol–water partition coefficient (Wildman–Crippen LogP) is 5.34. The second kappa shape index (κ2) is 10.3. The van der Waals surface area contributed by atoms with Crippen molar-refractivity contribution in [2.24, 2.45) is 0 Å². The van der Waals surface area contributed by atoms with Gasteiger partial charge in [0.05, 0.1) is 18.8 Å². The van der Waals surface area contributed by atoms with E-state index in [1.54, 1.807) is 13.8 Å². The number of rotatable bonds is 9. The molecule has 5 nitrogen and oxygen atoms in total. The third kappa shape index (κ3) is 5.99. The second-order valence-electron chi connectivity index (χ2n) is 8.88.